The highest BCUT2D eigenvalue weighted by Crippen LogP contribution is 2.41. The number of methoxy groups -OCH3 is 1. The summed E-state index contributed by atoms with van der Waals surface area (Å²) >= 11 is 0. The van der Waals surface area contributed by atoms with Crippen LogP contribution in [0.25, 0.3) is 5.76 Å². The van der Waals surface area contributed by atoms with E-state index in [1.807, 2.05) is 0 Å². The molecule has 0 spiro atoms. The van der Waals surface area contributed by atoms with Crippen molar-refractivity contribution in [2.75, 3.05) is 26.9 Å². The minimum atomic E-state index is -1.94. The van der Waals surface area contributed by atoms with E-state index in [-0.39, 0.29) is 45.7 Å². The van der Waals surface area contributed by atoms with Crippen molar-refractivity contribution in [3.8, 4) is 11.5 Å². The lowest BCUT2D eigenvalue weighted by Gasteiger charge is -2.43. The molecule has 0 aromatic heterocycles. The van der Waals surface area contributed by atoms with Gasteiger partial charge in [-0.15, -0.1) is 0 Å². The van der Waals surface area contributed by atoms with Crippen molar-refractivity contribution in [1.29, 1.82) is 0 Å². The van der Waals surface area contributed by atoms with E-state index in [1.54, 1.807) is 0 Å². The van der Waals surface area contributed by atoms with Crippen LogP contribution in [0, 0.1) is 0 Å². The van der Waals surface area contributed by atoms with Gasteiger partial charge in [-0.25, -0.2) is 0 Å². The first kappa shape index (κ1) is 41.0. The summed E-state index contributed by atoms with van der Waals surface area (Å²) in [6.07, 6.45) is -23.0. The van der Waals surface area contributed by atoms with Gasteiger partial charge < -0.3 is 104 Å². The highest BCUT2D eigenvalue weighted by Gasteiger charge is 2.49. The summed E-state index contributed by atoms with van der Waals surface area (Å²) in [4.78, 5) is 0. The number of aromatic hydroxyl groups is 1. The first-order chi connectivity index (χ1) is 26.2. The number of rotatable bonds is 11. The van der Waals surface area contributed by atoms with E-state index in [4.69, 9.17) is 37.9 Å². The number of hydrogen-bond donors (Lipinski definition) is 13. The van der Waals surface area contributed by atoms with Gasteiger partial charge in [0.25, 0.3) is 0 Å². The lowest BCUT2D eigenvalue weighted by atomic mass is 9.96. The van der Waals surface area contributed by atoms with Gasteiger partial charge in [0.1, 0.15) is 90.9 Å². The van der Waals surface area contributed by atoms with Crippen molar-refractivity contribution >= 4 is 5.76 Å². The lowest BCUT2D eigenvalue weighted by molar-refractivity contribution is -0.327. The summed E-state index contributed by atoms with van der Waals surface area (Å²) in [7, 11) is 1.30. The number of aliphatic hydroxyl groups is 12. The van der Waals surface area contributed by atoms with E-state index < -0.39 is 118 Å². The number of aliphatic hydroxyl groups excluding tert-OH is 12. The fraction of sp³-hybridized carbons (Fsp3) is 0.588. The molecule has 1 unspecified atom stereocenters. The van der Waals surface area contributed by atoms with Crippen molar-refractivity contribution < 1.29 is 104 Å². The molecule has 4 heterocycles. The van der Waals surface area contributed by atoms with Crippen LogP contribution in [0.4, 0.5) is 0 Å². The SMILES string of the molecule is COc1cc(C2=C(O[C@@H]3O[C@H](CO[C@@H]4O[C@H](CO)[C@@H](O)[C@H](O)[C@H]4O)[C@@H](O)[C@H](O)[C@H]3O)C=C3C(O[C@@H]4O[C@H](CO)[C@@H](O)[C@H](O)[C@H]4O)=CC(O)=CC3O2)ccc1O. The Morgan fingerprint density at radius 3 is 1.78 bits per heavy atom. The quantitative estimate of drug-likeness (QED) is 0.100. The van der Waals surface area contributed by atoms with E-state index in [0.717, 1.165) is 6.08 Å². The molecule has 306 valence electrons. The Hall–Kier alpha value is -3.62. The Bertz CT molecular complexity index is 1640. The minimum absolute atomic E-state index is 0.00852. The normalized spacial score (nSPS) is 40.6. The molecule has 0 radical (unpaired) electrons. The molecule has 6 rings (SSSR count). The Morgan fingerprint density at radius 2 is 1.18 bits per heavy atom. The van der Waals surface area contributed by atoms with Gasteiger partial charge in [0, 0.05) is 23.3 Å². The second-order valence-electron chi connectivity index (χ2n) is 13.3. The maximum atomic E-state index is 11.0. The molecule has 13 N–H and O–H groups in total. The summed E-state index contributed by atoms with van der Waals surface area (Å²) in [6.45, 7) is -2.14. The molecule has 0 saturated carbocycles. The van der Waals surface area contributed by atoms with E-state index >= 15 is 0 Å². The summed E-state index contributed by atoms with van der Waals surface area (Å²) < 4.78 is 45.5. The highest BCUT2D eigenvalue weighted by atomic mass is 16.7. The molecule has 3 fully saturated rings. The maximum absolute atomic E-state index is 11.0. The Morgan fingerprint density at radius 1 is 0.636 bits per heavy atom. The monoisotopic (exact) mass is 788 g/mol. The van der Waals surface area contributed by atoms with Gasteiger partial charge in [0.15, 0.2) is 29.3 Å². The van der Waals surface area contributed by atoms with Crippen LogP contribution in [-0.4, -0.2) is 192 Å². The maximum Gasteiger partial charge on any atom is 0.229 e. The Labute approximate surface area is 311 Å². The number of allylic oxidation sites excluding steroid dienone is 2. The van der Waals surface area contributed by atoms with Crippen LogP contribution < -0.4 is 4.74 Å². The van der Waals surface area contributed by atoms with Gasteiger partial charge in [-0.1, -0.05) is 0 Å². The molecule has 0 bridgehead atoms. The molecular formula is C34H44O21. The second kappa shape index (κ2) is 16.9. The molecule has 1 aromatic rings. The highest BCUT2D eigenvalue weighted by molar-refractivity contribution is 5.70. The fourth-order valence-corrected chi connectivity index (χ4v) is 6.47. The molecule has 4 aliphatic heterocycles. The van der Waals surface area contributed by atoms with Gasteiger partial charge >= 0.3 is 0 Å². The zero-order valence-electron chi connectivity index (χ0n) is 28.9. The lowest BCUT2D eigenvalue weighted by Crippen LogP contribution is -2.61. The first-order valence-electron chi connectivity index (χ1n) is 17.1. The van der Waals surface area contributed by atoms with Crippen molar-refractivity contribution in [3.63, 3.8) is 0 Å². The van der Waals surface area contributed by atoms with Gasteiger partial charge in [0.2, 0.25) is 12.6 Å². The molecular weight excluding hydrogens is 744 g/mol. The van der Waals surface area contributed by atoms with Crippen LogP contribution in [0.5, 0.6) is 11.5 Å². The predicted octanol–water partition coefficient (Wildman–Crippen LogP) is -4.81. The minimum Gasteiger partial charge on any atom is -0.508 e. The molecule has 1 aliphatic carbocycles. The largest absolute Gasteiger partial charge is 0.508 e. The third-order valence-corrected chi connectivity index (χ3v) is 9.67. The Balaban J connectivity index is 1.31. The van der Waals surface area contributed by atoms with Gasteiger partial charge in [0.05, 0.1) is 26.9 Å². The summed E-state index contributed by atoms with van der Waals surface area (Å²) in [6, 6.07) is 4.06. The fourth-order valence-electron chi connectivity index (χ4n) is 6.47. The van der Waals surface area contributed by atoms with Crippen LogP contribution in [0.1, 0.15) is 5.56 Å². The van der Waals surface area contributed by atoms with Gasteiger partial charge in [-0.3, -0.25) is 0 Å². The smallest absolute Gasteiger partial charge is 0.229 e. The molecule has 16 atom stereocenters. The number of benzene rings is 1. The van der Waals surface area contributed by atoms with E-state index in [0.29, 0.717) is 0 Å². The Kier molecular flexibility index (Phi) is 12.6. The van der Waals surface area contributed by atoms with E-state index in [2.05, 4.69) is 0 Å². The molecule has 21 heteroatoms. The summed E-state index contributed by atoms with van der Waals surface area (Å²) in [5.74, 6) is -1.15. The standard InChI is InChI=1S/C34H44O21/c1-48-17-4-11(2-3-14(17)38)31-18(7-13-15(50-31)5-12(37)6-16(13)51-33-29(46)26(43)23(40)20(9-36)54-33)52-34-30(47)27(44)24(41)21(55-34)10-49-32-28(45)25(42)22(39)19(8-35)53-32/h2-7,15,19-30,32-47H,8-10H2,1H3/t15?,19-,20-,21-,22-,23-,24-,25+,26+,27+,28-,29-,30-,32-,33-,34-/m1/s1. The van der Waals surface area contributed by atoms with E-state index in [9.17, 15) is 66.4 Å². The predicted molar refractivity (Wildman–Crippen MR) is 176 cm³/mol. The average molecular weight is 789 g/mol. The third kappa shape index (κ3) is 8.14. The number of hydrogen-bond acceptors (Lipinski definition) is 21. The number of phenolic OH excluding ortho intramolecular Hbond substituents is 1. The second-order valence-corrected chi connectivity index (χ2v) is 13.3. The zero-order valence-corrected chi connectivity index (χ0v) is 28.9. The van der Waals surface area contributed by atoms with Crippen molar-refractivity contribution in [2.45, 2.75) is 98.2 Å². The molecule has 5 aliphatic rings. The van der Waals surface area contributed by atoms with Gasteiger partial charge in [-0.2, -0.15) is 0 Å². The third-order valence-electron chi connectivity index (χ3n) is 9.67. The van der Waals surface area contributed by atoms with Crippen LogP contribution in [0.3, 0.4) is 0 Å². The molecule has 21 nitrogen and oxygen atoms in total. The van der Waals surface area contributed by atoms with Crippen LogP contribution in [0.2, 0.25) is 0 Å². The average Bonchev–Trinajstić information content (AvgIpc) is 3.17. The number of phenols is 1. The number of fused-ring (bicyclic) bond motifs is 1. The van der Waals surface area contributed by atoms with Crippen LogP contribution in [-0.2, 0) is 33.2 Å². The van der Waals surface area contributed by atoms with Crippen molar-refractivity contribution in [3.05, 3.63) is 64.8 Å². The topological polar surface area (TPSA) is 337 Å². The first-order valence-corrected chi connectivity index (χ1v) is 17.1. The summed E-state index contributed by atoms with van der Waals surface area (Å²) in [5.41, 5.74) is 0.305. The molecule has 3 saturated heterocycles. The summed E-state index contributed by atoms with van der Waals surface area (Å²) in [5, 5.41) is 134. The zero-order chi connectivity index (χ0) is 39.9. The molecule has 1 aromatic carbocycles. The number of ether oxygens (including phenoxy) is 8. The van der Waals surface area contributed by atoms with E-state index in [1.165, 1.54) is 37.5 Å². The van der Waals surface area contributed by atoms with Crippen molar-refractivity contribution in [2.24, 2.45) is 0 Å². The van der Waals surface area contributed by atoms with Crippen molar-refractivity contribution in [1.82, 2.24) is 0 Å². The molecule has 55 heavy (non-hydrogen) atoms. The van der Waals surface area contributed by atoms with Gasteiger partial charge in [-0.05, 0) is 24.3 Å². The van der Waals surface area contributed by atoms with Crippen LogP contribution in [0.15, 0.2) is 59.3 Å². The molecule has 0 amide bonds. The van der Waals surface area contributed by atoms with Crippen LogP contribution >= 0.6 is 0 Å².